The van der Waals surface area contributed by atoms with E-state index in [0.717, 1.165) is 0 Å². The zero-order valence-corrected chi connectivity index (χ0v) is 20.4. The van der Waals surface area contributed by atoms with Crippen LogP contribution in [0.25, 0.3) is 0 Å². The Morgan fingerprint density at radius 1 is 0.421 bits per heavy atom. The summed E-state index contributed by atoms with van der Waals surface area (Å²) in [5.74, 6) is 0. The molecule has 0 N–H and O–H groups in total. The van der Waals surface area contributed by atoms with Gasteiger partial charge in [-0.15, -0.1) is 15.8 Å². The number of hydrogen-bond acceptors (Lipinski definition) is 0. The Bertz CT molecular complexity index is 82.7. The van der Waals surface area contributed by atoms with Crippen LogP contribution in [0.2, 0.25) is 0 Å². The Kier molecular flexibility index (Phi) is 84.6. The van der Waals surface area contributed by atoms with Crippen LogP contribution in [0.5, 0.6) is 0 Å². The average molecular weight is 469 g/mol. The molecule has 19 heavy (non-hydrogen) atoms. The molecule has 0 heterocycles. The maximum atomic E-state index is 2.29. The van der Waals surface area contributed by atoms with Crippen molar-refractivity contribution >= 4 is 15.8 Å². The van der Waals surface area contributed by atoms with E-state index < -0.39 is 0 Å². The number of rotatable bonds is 6. The molecule has 0 aromatic heterocycles. The van der Waals surface area contributed by atoms with Crippen LogP contribution in [0.4, 0.5) is 0 Å². The third-order valence-electron chi connectivity index (χ3n) is 2.68. The van der Waals surface area contributed by atoms with Crippen molar-refractivity contribution in [2.45, 2.75) is 41.5 Å². The van der Waals surface area contributed by atoms with E-state index in [1.807, 2.05) is 0 Å². The second-order valence-corrected chi connectivity index (χ2v) is 9.72. The second-order valence-electron chi connectivity index (χ2n) is 3.24. The Morgan fingerprint density at radius 3 is 0.526 bits per heavy atom. The Labute approximate surface area is 169 Å². The van der Waals surface area contributed by atoms with Crippen molar-refractivity contribution < 1.29 is 75.8 Å². The molecule has 120 valence electrons. The molecular weight excluding hydrogens is 439 g/mol. The molecule has 0 aliphatic heterocycles. The van der Waals surface area contributed by atoms with Crippen molar-refractivity contribution in [1.29, 1.82) is 0 Å². The molecular formula is C12H30Cl4P2Zr. The van der Waals surface area contributed by atoms with E-state index in [1.165, 1.54) is 37.0 Å². The molecule has 0 nitrogen and oxygen atoms in total. The van der Waals surface area contributed by atoms with Crippen LogP contribution in [0.3, 0.4) is 0 Å². The summed E-state index contributed by atoms with van der Waals surface area (Å²) in [6.07, 6.45) is 8.51. The van der Waals surface area contributed by atoms with Crippen molar-refractivity contribution in [2.24, 2.45) is 0 Å². The van der Waals surface area contributed by atoms with E-state index in [0.29, 0.717) is 15.8 Å². The van der Waals surface area contributed by atoms with Crippen LogP contribution in [0.1, 0.15) is 41.5 Å². The van der Waals surface area contributed by atoms with Crippen molar-refractivity contribution in [1.82, 2.24) is 0 Å². The van der Waals surface area contributed by atoms with E-state index in [2.05, 4.69) is 41.5 Å². The minimum Gasteiger partial charge on any atom is -1.00 e. The van der Waals surface area contributed by atoms with E-state index in [4.69, 9.17) is 0 Å². The molecule has 0 amide bonds. The third-order valence-corrected chi connectivity index (χ3v) is 8.05. The zero-order chi connectivity index (χ0) is 11.4. The smallest absolute Gasteiger partial charge is 1.00 e. The molecule has 0 aliphatic rings. The topological polar surface area (TPSA) is 0 Å². The molecule has 0 saturated carbocycles. The van der Waals surface area contributed by atoms with Gasteiger partial charge in [0.05, 0.1) is 0 Å². The second kappa shape index (κ2) is 37.3. The molecule has 0 aromatic carbocycles. The number of hydrogen-bond donors (Lipinski definition) is 0. The summed E-state index contributed by atoms with van der Waals surface area (Å²) in [5, 5.41) is 0. The van der Waals surface area contributed by atoms with Gasteiger partial charge in [0, 0.05) is 0 Å². The third kappa shape index (κ3) is 33.6. The first-order valence-corrected chi connectivity index (χ1v) is 9.93. The van der Waals surface area contributed by atoms with Gasteiger partial charge < -0.3 is 49.6 Å². The predicted molar refractivity (Wildman–Crippen MR) is 77.1 cm³/mol. The van der Waals surface area contributed by atoms with Gasteiger partial charge in [0.15, 0.2) is 0 Å². The average Bonchev–Trinajstić information content (AvgIpc) is 2.24. The van der Waals surface area contributed by atoms with Gasteiger partial charge in [-0.05, 0) is 37.0 Å². The van der Waals surface area contributed by atoms with E-state index in [1.54, 1.807) is 0 Å². The van der Waals surface area contributed by atoms with Gasteiger partial charge in [0.2, 0.25) is 0 Å². The SMILES string of the molecule is CCP(CC)CC.CCP(CC)CC.[Cl-].[Cl-].[Cl-].[Cl-].[Zr+4]. The first kappa shape index (κ1) is 43.1. The maximum absolute atomic E-state index is 2.29. The number of halogens is 4. The summed E-state index contributed by atoms with van der Waals surface area (Å²) in [4.78, 5) is 0. The largest absolute Gasteiger partial charge is 4.00 e. The van der Waals surface area contributed by atoms with Gasteiger partial charge in [0.25, 0.3) is 0 Å². The van der Waals surface area contributed by atoms with E-state index in [-0.39, 0.29) is 75.8 Å². The Hall–Kier alpha value is 2.90. The summed E-state index contributed by atoms with van der Waals surface area (Å²) in [5.41, 5.74) is 0. The standard InChI is InChI=1S/2C6H15P.4ClH.Zr/c2*1-4-7(5-2)6-3;;;;;/h2*4-6H2,1-3H3;4*1H;/q;;;;;;+4/p-4. The fourth-order valence-electron chi connectivity index (χ4n) is 1.34. The summed E-state index contributed by atoms with van der Waals surface area (Å²) < 4.78 is 0. The van der Waals surface area contributed by atoms with Crippen LogP contribution in [0, 0.1) is 0 Å². The summed E-state index contributed by atoms with van der Waals surface area (Å²) in [6, 6.07) is 0. The van der Waals surface area contributed by atoms with Crippen molar-refractivity contribution in [3.63, 3.8) is 0 Å². The summed E-state index contributed by atoms with van der Waals surface area (Å²) >= 11 is 0. The fourth-order valence-corrected chi connectivity index (χ4v) is 4.02. The van der Waals surface area contributed by atoms with Gasteiger partial charge in [0.1, 0.15) is 0 Å². The minimum absolute atomic E-state index is 0. The van der Waals surface area contributed by atoms with Crippen LogP contribution in [-0.2, 0) is 26.2 Å². The van der Waals surface area contributed by atoms with Crippen molar-refractivity contribution in [3.8, 4) is 0 Å². The molecule has 0 radical (unpaired) electrons. The molecule has 0 aromatic rings. The van der Waals surface area contributed by atoms with Gasteiger partial charge in [-0.3, -0.25) is 0 Å². The summed E-state index contributed by atoms with van der Waals surface area (Å²) in [6.45, 7) is 13.7. The van der Waals surface area contributed by atoms with Crippen molar-refractivity contribution in [3.05, 3.63) is 0 Å². The van der Waals surface area contributed by atoms with Gasteiger partial charge >= 0.3 is 26.2 Å². The van der Waals surface area contributed by atoms with Crippen LogP contribution in [-0.4, -0.2) is 37.0 Å². The van der Waals surface area contributed by atoms with Crippen LogP contribution in [0.15, 0.2) is 0 Å². The summed E-state index contributed by atoms with van der Waals surface area (Å²) in [7, 11) is 0.892. The molecule has 0 unspecified atom stereocenters. The van der Waals surface area contributed by atoms with Gasteiger partial charge in [-0.25, -0.2) is 0 Å². The van der Waals surface area contributed by atoms with Gasteiger partial charge in [-0.1, -0.05) is 41.5 Å². The predicted octanol–water partition coefficient (Wildman–Crippen LogP) is -6.93. The molecule has 0 saturated heterocycles. The molecule has 0 fully saturated rings. The van der Waals surface area contributed by atoms with E-state index >= 15 is 0 Å². The molecule has 0 aliphatic carbocycles. The minimum atomic E-state index is 0. The van der Waals surface area contributed by atoms with Crippen LogP contribution >= 0.6 is 15.8 Å². The van der Waals surface area contributed by atoms with Gasteiger partial charge in [-0.2, -0.15) is 0 Å². The van der Waals surface area contributed by atoms with Crippen LogP contribution < -0.4 is 49.6 Å². The first-order valence-electron chi connectivity index (χ1n) is 6.14. The Morgan fingerprint density at radius 2 is 0.526 bits per heavy atom. The van der Waals surface area contributed by atoms with E-state index in [9.17, 15) is 0 Å². The fraction of sp³-hybridized carbons (Fsp3) is 1.00. The normalized spacial score (nSPS) is 7.58. The zero-order valence-electron chi connectivity index (χ0n) is 13.1. The quantitative estimate of drug-likeness (QED) is 0.340. The monoisotopic (exact) mass is 466 g/mol. The molecule has 0 rings (SSSR count). The molecule has 0 atom stereocenters. The maximum Gasteiger partial charge on any atom is 4.00 e. The molecule has 0 spiro atoms. The first-order chi connectivity index (χ1) is 6.69. The molecule has 0 bridgehead atoms. The van der Waals surface area contributed by atoms with Crippen molar-refractivity contribution in [2.75, 3.05) is 37.0 Å². The Balaban J connectivity index is -0.0000000240. The molecule has 7 heteroatoms.